The van der Waals surface area contributed by atoms with E-state index in [1.807, 2.05) is 17.6 Å². The van der Waals surface area contributed by atoms with E-state index in [1.54, 1.807) is 29.9 Å². The van der Waals surface area contributed by atoms with Crippen LogP contribution in [0.5, 0.6) is 0 Å². The lowest BCUT2D eigenvalue weighted by Crippen LogP contribution is -2.17. The summed E-state index contributed by atoms with van der Waals surface area (Å²) in [4.78, 5) is 17.1. The molecule has 2 N–H and O–H groups in total. The first-order valence-corrected chi connectivity index (χ1v) is 14.7. The molecule has 1 aromatic carbocycles. The van der Waals surface area contributed by atoms with Crippen molar-refractivity contribution in [3.8, 4) is 22.5 Å². The van der Waals surface area contributed by atoms with Gasteiger partial charge in [0.15, 0.2) is 0 Å². The lowest BCUT2D eigenvalue weighted by atomic mass is 9.98. The van der Waals surface area contributed by atoms with Crippen molar-refractivity contribution in [2.75, 3.05) is 16.6 Å². The minimum atomic E-state index is -4.60. The molecule has 0 spiro atoms. The van der Waals surface area contributed by atoms with Gasteiger partial charge in [-0.1, -0.05) is 17.4 Å². The monoisotopic (exact) mass is 599 g/mol. The van der Waals surface area contributed by atoms with E-state index >= 15 is 0 Å². The van der Waals surface area contributed by atoms with Crippen LogP contribution in [0.2, 0.25) is 0 Å². The number of hydrogen-bond donors (Lipinski definition) is 2. The Labute approximate surface area is 235 Å². The Balaban J connectivity index is 1.34. The zero-order chi connectivity index (χ0) is 28.8. The lowest BCUT2D eigenvalue weighted by molar-refractivity contribution is -0.137. The van der Waals surface area contributed by atoms with Gasteiger partial charge in [-0.05, 0) is 48.4 Å². The number of nitrogens with zero attached hydrogens (tertiary/aromatic N) is 7. The Kier molecular flexibility index (Phi) is 6.65. The average molecular weight is 600 g/mol. The Morgan fingerprint density at radius 2 is 2.00 bits per heavy atom. The Morgan fingerprint density at radius 1 is 1.15 bits per heavy atom. The minimum absolute atomic E-state index is 0.218. The summed E-state index contributed by atoms with van der Waals surface area (Å²) in [6, 6.07) is 8.50. The Hall–Kier alpha value is -4.44. The number of hydrogen-bond acceptors (Lipinski definition) is 10. The van der Waals surface area contributed by atoms with Crippen LogP contribution in [-0.4, -0.2) is 44.7 Å². The fourth-order valence-electron chi connectivity index (χ4n) is 4.54. The van der Waals surface area contributed by atoms with Crippen LogP contribution in [0.3, 0.4) is 0 Å². The van der Waals surface area contributed by atoms with Crippen molar-refractivity contribution in [1.82, 2.24) is 29.7 Å². The van der Waals surface area contributed by atoms with E-state index in [4.69, 9.17) is 0 Å². The van der Waals surface area contributed by atoms with E-state index in [1.165, 1.54) is 11.3 Å². The molecule has 2 aromatic heterocycles. The molecule has 41 heavy (non-hydrogen) atoms. The minimum Gasteiger partial charge on any atom is -0.369 e. The third kappa shape index (κ3) is 5.60. The van der Waals surface area contributed by atoms with Crippen molar-refractivity contribution >= 4 is 38.0 Å². The van der Waals surface area contributed by atoms with Crippen molar-refractivity contribution in [3.05, 3.63) is 76.7 Å². The number of pyridine rings is 2. The molecule has 0 atom stereocenters. The smallest absolute Gasteiger partial charge is 0.369 e. The van der Waals surface area contributed by atoms with Crippen LogP contribution in [0.25, 0.3) is 22.5 Å². The first-order valence-electron chi connectivity index (χ1n) is 12.1. The molecule has 5 heterocycles. The van der Waals surface area contributed by atoms with Gasteiger partial charge in [0.1, 0.15) is 22.9 Å². The Morgan fingerprint density at radius 3 is 2.78 bits per heavy atom. The summed E-state index contributed by atoms with van der Waals surface area (Å²) in [5.41, 5.74) is 4.11. The topological polar surface area (TPSA) is 140 Å². The van der Waals surface area contributed by atoms with Crippen LogP contribution in [0.4, 0.5) is 29.8 Å². The van der Waals surface area contributed by atoms with Crippen LogP contribution in [0, 0.1) is 6.92 Å². The summed E-state index contributed by atoms with van der Waals surface area (Å²) in [7, 11) is -4.07. The highest BCUT2D eigenvalue weighted by Crippen LogP contribution is 2.39. The number of halogens is 3. The van der Waals surface area contributed by atoms with Crippen LogP contribution in [-0.2, 0) is 28.5 Å². The molecular weight excluding hydrogens is 579 g/mol. The predicted octanol–water partition coefficient (Wildman–Crippen LogP) is 4.22. The number of aryl methyl sites for hydroxylation is 1. The highest BCUT2D eigenvalue weighted by molar-refractivity contribution is 7.91. The fourth-order valence-corrected chi connectivity index (χ4v) is 6.06. The standard InChI is InChI=1S/C25H20F3N9O2S2/c1-14-2-3-17(36-41(38,39)12-18-9-16(4-5-29-18)25(26,27)28)10-19(14)20-8-15-11-31-23(34-24-35-32-13-40-24)33-21(15)37-7-6-30-22(20)37/h2-5,8-11,13,30,36H,6-7,12H2,1H3/b34-23+. The molecule has 11 nitrogen and oxygen atoms in total. The van der Waals surface area contributed by atoms with Crippen LogP contribution in [0.15, 0.2) is 59.3 Å². The van der Waals surface area contributed by atoms with E-state index < -0.39 is 27.5 Å². The molecule has 6 rings (SSSR count). The number of anilines is 2. The molecule has 3 aliphatic rings. The van der Waals surface area contributed by atoms with Gasteiger partial charge in [-0.2, -0.15) is 23.1 Å². The van der Waals surface area contributed by atoms with Crippen molar-refractivity contribution < 1.29 is 21.6 Å². The average Bonchev–Trinajstić information content (AvgIpc) is 3.61. The third-order valence-corrected chi connectivity index (χ3v) is 8.12. The zero-order valence-electron chi connectivity index (χ0n) is 21.2. The highest BCUT2D eigenvalue weighted by Gasteiger charge is 2.31. The maximum atomic E-state index is 13.1. The van der Waals surface area contributed by atoms with E-state index in [2.05, 4.69) is 40.2 Å². The van der Waals surface area contributed by atoms with Gasteiger partial charge < -0.3 is 9.88 Å². The van der Waals surface area contributed by atoms with Crippen LogP contribution in [0.1, 0.15) is 16.8 Å². The van der Waals surface area contributed by atoms with Gasteiger partial charge in [0.25, 0.3) is 5.62 Å². The molecule has 0 saturated carbocycles. The summed E-state index contributed by atoms with van der Waals surface area (Å²) in [5, 5.41) is 11.5. The maximum Gasteiger partial charge on any atom is 0.416 e. The Bertz CT molecular complexity index is 1910. The number of nitrogens with one attached hydrogen (secondary N) is 2. The number of fused-ring (bicyclic) bond motifs is 3. The molecule has 0 bridgehead atoms. The predicted molar refractivity (Wildman–Crippen MR) is 146 cm³/mol. The number of sulfonamides is 1. The van der Waals surface area contributed by atoms with Crippen LogP contribution >= 0.6 is 11.3 Å². The molecule has 0 saturated heterocycles. The van der Waals surface area contributed by atoms with E-state index in [-0.39, 0.29) is 17.0 Å². The molecule has 0 radical (unpaired) electrons. The largest absolute Gasteiger partial charge is 0.416 e. The number of rotatable bonds is 6. The second-order valence-electron chi connectivity index (χ2n) is 9.19. The molecule has 0 amide bonds. The van der Waals surface area contributed by atoms with Gasteiger partial charge >= 0.3 is 6.18 Å². The number of benzene rings is 1. The summed E-state index contributed by atoms with van der Waals surface area (Å²) >= 11 is 1.27. The molecule has 16 heteroatoms. The summed E-state index contributed by atoms with van der Waals surface area (Å²) in [5.74, 6) is 0.759. The highest BCUT2D eigenvalue weighted by atomic mass is 32.2. The molecular formula is C25H20F3N9O2S2. The van der Waals surface area contributed by atoms with E-state index in [0.29, 0.717) is 24.0 Å². The molecule has 0 fully saturated rings. The first kappa shape index (κ1) is 26.8. The normalized spacial score (nSPS) is 13.8. The van der Waals surface area contributed by atoms with Crippen LogP contribution < -0.4 is 15.7 Å². The second-order valence-corrected chi connectivity index (χ2v) is 11.7. The zero-order valence-corrected chi connectivity index (χ0v) is 22.8. The van der Waals surface area contributed by atoms with Crippen molar-refractivity contribution in [1.29, 1.82) is 0 Å². The maximum absolute atomic E-state index is 13.1. The summed E-state index contributed by atoms with van der Waals surface area (Å²) in [6.07, 6.45) is -1.99. The summed E-state index contributed by atoms with van der Waals surface area (Å²) in [6.45, 7) is 3.20. The third-order valence-electron chi connectivity index (χ3n) is 6.32. The van der Waals surface area contributed by atoms with E-state index in [9.17, 15) is 21.6 Å². The molecule has 0 unspecified atom stereocenters. The lowest BCUT2D eigenvalue weighted by Gasteiger charge is -2.19. The van der Waals surface area contributed by atoms with Gasteiger partial charge in [0.2, 0.25) is 15.2 Å². The summed E-state index contributed by atoms with van der Waals surface area (Å²) < 4.78 is 69.5. The quantitative estimate of drug-likeness (QED) is 0.296. The molecule has 210 valence electrons. The van der Waals surface area contributed by atoms with Gasteiger partial charge in [-0.3, -0.25) is 9.71 Å². The van der Waals surface area contributed by atoms with Crippen molar-refractivity contribution in [2.45, 2.75) is 25.4 Å². The molecule has 3 aliphatic heterocycles. The van der Waals surface area contributed by atoms with Gasteiger partial charge in [0.05, 0.1) is 11.3 Å². The molecule has 3 aromatic rings. The SMILES string of the molecule is Cc1ccc(NS(=O)(=O)Cc2cc(C(F)(F)F)ccn2)cc1-c1cc2cn/c(=N\c3nncs3)nc-2n2c1NCC2. The van der Waals surface area contributed by atoms with Gasteiger partial charge in [-0.15, -0.1) is 10.2 Å². The number of alkyl halides is 3. The fraction of sp³-hybridized carbons (Fsp3) is 0.200. The molecule has 0 aliphatic carbocycles. The first-order chi connectivity index (χ1) is 19.6. The van der Waals surface area contributed by atoms with Gasteiger partial charge in [0, 0.05) is 42.3 Å². The van der Waals surface area contributed by atoms with E-state index in [0.717, 1.165) is 46.4 Å². The number of aromatic nitrogens is 6. The second kappa shape index (κ2) is 10.2. The van der Waals surface area contributed by atoms with Crippen molar-refractivity contribution in [3.63, 3.8) is 0 Å². The van der Waals surface area contributed by atoms with Gasteiger partial charge in [-0.25, -0.2) is 13.4 Å². The van der Waals surface area contributed by atoms with Crippen molar-refractivity contribution in [2.24, 2.45) is 4.99 Å².